The summed E-state index contributed by atoms with van der Waals surface area (Å²) in [6, 6.07) is 12.4. The second-order valence-electron chi connectivity index (χ2n) is 5.28. The highest BCUT2D eigenvalue weighted by Crippen LogP contribution is 2.19. The Morgan fingerprint density at radius 1 is 1.04 bits per heavy atom. The number of amides is 2. The molecule has 3 aromatic rings. The van der Waals surface area contributed by atoms with Crippen molar-refractivity contribution in [3.63, 3.8) is 0 Å². The van der Waals surface area contributed by atoms with Crippen LogP contribution in [0.15, 0.2) is 48.8 Å². The Kier molecular flexibility index (Phi) is 3.80. The SMILES string of the molecule is CC(=O)Nc1cccc(C(=O)Nc2ccc3c(c2)ncn3C)c1. The minimum atomic E-state index is -0.243. The zero-order chi connectivity index (χ0) is 16.4. The van der Waals surface area contributed by atoms with Gasteiger partial charge in [0.2, 0.25) is 5.91 Å². The van der Waals surface area contributed by atoms with Crippen molar-refractivity contribution in [1.82, 2.24) is 9.55 Å². The van der Waals surface area contributed by atoms with Gasteiger partial charge in [-0.3, -0.25) is 9.59 Å². The van der Waals surface area contributed by atoms with Crippen LogP contribution in [0.3, 0.4) is 0 Å². The summed E-state index contributed by atoms with van der Waals surface area (Å²) in [6.45, 7) is 1.43. The summed E-state index contributed by atoms with van der Waals surface area (Å²) in [7, 11) is 1.92. The van der Waals surface area contributed by atoms with Crippen LogP contribution < -0.4 is 10.6 Å². The molecule has 0 bridgehead atoms. The van der Waals surface area contributed by atoms with Crippen LogP contribution in [0.2, 0.25) is 0 Å². The molecule has 0 spiro atoms. The predicted octanol–water partition coefficient (Wildman–Crippen LogP) is 2.78. The molecule has 0 radical (unpaired) electrons. The number of fused-ring (bicyclic) bond motifs is 1. The number of nitrogens with one attached hydrogen (secondary N) is 2. The largest absolute Gasteiger partial charge is 0.334 e. The molecule has 2 amide bonds. The van der Waals surface area contributed by atoms with E-state index >= 15 is 0 Å². The summed E-state index contributed by atoms with van der Waals surface area (Å²) < 4.78 is 1.91. The summed E-state index contributed by atoms with van der Waals surface area (Å²) in [4.78, 5) is 27.7. The number of hydrogen-bond acceptors (Lipinski definition) is 3. The number of aryl methyl sites for hydroxylation is 1. The third kappa shape index (κ3) is 3.21. The first-order valence-corrected chi connectivity index (χ1v) is 7.13. The van der Waals surface area contributed by atoms with E-state index in [4.69, 9.17) is 0 Å². The summed E-state index contributed by atoms with van der Waals surface area (Å²) in [5.41, 5.74) is 3.54. The van der Waals surface area contributed by atoms with Gasteiger partial charge in [-0.05, 0) is 36.4 Å². The van der Waals surface area contributed by atoms with E-state index in [0.29, 0.717) is 16.9 Å². The number of anilines is 2. The van der Waals surface area contributed by atoms with Crippen LogP contribution in [0.1, 0.15) is 17.3 Å². The number of hydrogen-bond donors (Lipinski definition) is 2. The second-order valence-corrected chi connectivity index (χ2v) is 5.28. The van der Waals surface area contributed by atoms with Gasteiger partial charge in [0, 0.05) is 30.9 Å². The van der Waals surface area contributed by atoms with Gasteiger partial charge in [-0.15, -0.1) is 0 Å². The highest BCUT2D eigenvalue weighted by atomic mass is 16.2. The molecule has 1 heterocycles. The molecule has 0 aliphatic heterocycles. The fourth-order valence-electron chi connectivity index (χ4n) is 2.36. The average Bonchev–Trinajstić information content (AvgIpc) is 2.88. The number of imidazole rings is 1. The van der Waals surface area contributed by atoms with Gasteiger partial charge in [0.15, 0.2) is 0 Å². The fraction of sp³-hybridized carbons (Fsp3) is 0.118. The van der Waals surface area contributed by atoms with Gasteiger partial charge in [-0.25, -0.2) is 4.98 Å². The van der Waals surface area contributed by atoms with Crippen LogP contribution in [0.5, 0.6) is 0 Å². The van der Waals surface area contributed by atoms with Crippen molar-refractivity contribution >= 4 is 34.2 Å². The molecule has 0 aliphatic carbocycles. The van der Waals surface area contributed by atoms with E-state index in [1.807, 2.05) is 29.8 Å². The van der Waals surface area contributed by atoms with Crippen LogP contribution in [-0.2, 0) is 11.8 Å². The molecule has 0 saturated heterocycles. The molecule has 2 N–H and O–H groups in total. The van der Waals surface area contributed by atoms with Crippen molar-refractivity contribution in [2.24, 2.45) is 7.05 Å². The van der Waals surface area contributed by atoms with Crippen LogP contribution in [0, 0.1) is 0 Å². The monoisotopic (exact) mass is 308 g/mol. The van der Waals surface area contributed by atoms with Gasteiger partial charge in [0.05, 0.1) is 17.4 Å². The zero-order valence-corrected chi connectivity index (χ0v) is 12.8. The van der Waals surface area contributed by atoms with E-state index in [1.54, 1.807) is 30.6 Å². The Hall–Kier alpha value is -3.15. The first-order chi connectivity index (χ1) is 11.0. The average molecular weight is 308 g/mol. The summed E-state index contributed by atoms with van der Waals surface area (Å²) >= 11 is 0. The number of carbonyl (C=O) groups excluding carboxylic acids is 2. The molecule has 116 valence electrons. The van der Waals surface area contributed by atoms with E-state index in [1.165, 1.54) is 6.92 Å². The highest BCUT2D eigenvalue weighted by molar-refractivity contribution is 6.05. The number of nitrogens with zero attached hydrogens (tertiary/aromatic N) is 2. The lowest BCUT2D eigenvalue weighted by Gasteiger charge is -2.07. The Morgan fingerprint density at radius 3 is 2.61 bits per heavy atom. The van der Waals surface area contributed by atoms with Gasteiger partial charge >= 0.3 is 0 Å². The van der Waals surface area contributed by atoms with Crippen LogP contribution in [-0.4, -0.2) is 21.4 Å². The molecule has 2 aromatic carbocycles. The van der Waals surface area contributed by atoms with Gasteiger partial charge in [-0.1, -0.05) is 6.07 Å². The quantitative estimate of drug-likeness (QED) is 0.781. The maximum absolute atomic E-state index is 12.3. The number of carbonyl (C=O) groups is 2. The topological polar surface area (TPSA) is 76.0 Å². The van der Waals surface area contributed by atoms with E-state index in [-0.39, 0.29) is 11.8 Å². The molecule has 0 aliphatic rings. The Morgan fingerprint density at radius 2 is 1.83 bits per heavy atom. The molecule has 0 unspecified atom stereocenters. The van der Waals surface area contributed by atoms with Crippen LogP contribution in [0.4, 0.5) is 11.4 Å². The Labute approximate surface area is 133 Å². The lowest BCUT2D eigenvalue weighted by Crippen LogP contribution is -2.13. The molecule has 1 aromatic heterocycles. The molecule has 3 rings (SSSR count). The van der Waals surface area contributed by atoms with Crippen molar-refractivity contribution < 1.29 is 9.59 Å². The normalized spacial score (nSPS) is 10.5. The number of rotatable bonds is 3. The number of benzene rings is 2. The van der Waals surface area contributed by atoms with Gasteiger partial charge in [-0.2, -0.15) is 0 Å². The Balaban J connectivity index is 1.81. The standard InChI is InChI=1S/C17H16N4O2/c1-11(22)19-13-5-3-4-12(8-13)17(23)20-14-6-7-16-15(9-14)18-10-21(16)2/h3-10H,1-2H3,(H,19,22)(H,20,23). The third-order valence-electron chi connectivity index (χ3n) is 3.43. The van der Waals surface area contributed by atoms with Crippen LogP contribution >= 0.6 is 0 Å². The molecule has 6 heteroatoms. The van der Waals surface area contributed by atoms with Gasteiger partial charge in [0.1, 0.15) is 0 Å². The van der Waals surface area contributed by atoms with Crippen LogP contribution in [0.25, 0.3) is 11.0 Å². The van der Waals surface area contributed by atoms with Crippen molar-refractivity contribution in [2.75, 3.05) is 10.6 Å². The highest BCUT2D eigenvalue weighted by Gasteiger charge is 2.09. The molecular weight excluding hydrogens is 292 g/mol. The zero-order valence-electron chi connectivity index (χ0n) is 12.8. The van der Waals surface area contributed by atoms with Crippen molar-refractivity contribution in [2.45, 2.75) is 6.92 Å². The minimum absolute atomic E-state index is 0.178. The maximum atomic E-state index is 12.3. The van der Waals surface area contributed by atoms with E-state index in [0.717, 1.165) is 11.0 Å². The lowest BCUT2D eigenvalue weighted by molar-refractivity contribution is -0.114. The smallest absolute Gasteiger partial charge is 0.255 e. The minimum Gasteiger partial charge on any atom is -0.334 e. The molecule has 23 heavy (non-hydrogen) atoms. The second kappa shape index (κ2) is 5.92. The summed E-state index contributed by atoms with van der Waals surface area (Å²) in [5, 5.41) is 5.50. The molecule has 0 fully saturated rings. The molecular formula is C17H16N4O2. The number of aromatic nitrogens is 2. The third-order valence-corrected chi connectivity index (χ3v) is 3.43. The first-order valence-electron chi connectivity index (χ1n) is 7.13. The Bertz CT molecular complexity index is 898. The van der Waals surface area contributed by atoms with E-state index < -0.39 is 0 Å². The molecule has 0 saturated carbocycles. The van der Waals surface area contributed by atoms with E-state index in [9.17, 15) is 9.59 Å². The van der Waals surface area contributed by atoms with Crippen molar-refractivity contribution in [3.8, 4) is 0 Å². The summed E-state index contributed by atoms with van der Waals surface area (Å²) in [6.07, 6.45) is 1.73. The maximum Gasteiger partial charge on any atom is 0.255 e. The van der Waals surface area contributed by atoms with Crippen molar-refractivity contribution in [3.05, 3.63) is 54.4 Å². The fourth-order valence-corrected chi connectivity index (χ4v) is 2.36. The van der Waals surface area contributed by atoms with E-state index in [2.05, 4.69) is 15.6 Å². The molecule has 6 nitrogen and oxygen atoms in total. The molecule has 0 atom stereocenters. The van der Waals surface area contributed by atoms with Gasteiger partial charge in [0.25, 0.3) is 5.91 Å². The summed E-state index contributed by atoms with van der Waals surface area (Å²) in [5.74, 6) is -0.421. The first kappa shape index (κ1) is 14.8. The van der Waals surface area contributed by atoms with Crippen molar-refractivity contribution in [1.29, 1.82) is 0 Å². The predicted molar refractivity (Wildman–Crippen MR) is 89.4 cm³/mol. The lowest BCUT2D eigenvalue weighted by atomic mass is 10.1. The van der Waals surface area contributed by atoms with Gasteiger partial charge < -0.3 is 15.2 Å².